The van der Waals surface area contributed by atoms with Crippen molar-refractivity contribution < 1.29 is 13.2 Å². The third-order valence-corrected chi connectivity index (χ3v) is 4.14. The van der Waals surface area contributed by atoms with E-state index in [1.807, 2.05) is 0 Å². The van der Waals surface area contributed by atoms with Crippen molar-refractivity contribution in [3.63, 3.8) is 0 Å². The molecule has 0 amide bonds. The maximum Gasteiger partial charge on any atom is 0.416 e. The average Bonchev–Trinajstić information content (AvgIpc) is 2.42. The van der Waals surface area contributed by atoms with Gasteiger partial charge in [0.15, 0.2) is 0 Å². The van der Waals surface area contributed by atoms with Gasteiger partial charge in [-0.2, -0.15) is 13.2 Å². The molecule has 0 spiro atoms. The fraction of sp³-hybridized carbons (Fsp3) is 0.200. The predicted octanol–water partition coefficient (Wildman–Crippen LogP) is 6.53. The fourth-order valence-electron chi connectivity index (χ4n) is 1.87. The summed E-state index contributed by atoms with van der Waals surface area (Å²) in [5.74, 6) is 0. The van der Waals surface area contributed by atoms with Crippen molar-refractivity contribution in [2.75, 3.05) is 0 Å². The van der Waals surface area contributed by atoms with Crippen LogP contribution in [0.4, 0.5) is 13.2 Å². The van der Waals surface area contributed by atoms with Crippen LogP contribution in [0.25, 0.3) is 0 Å². The SMILES string of the molecule is FC(F)(F)c1ccc(C(Cl)Cc2ccc(Cl)c(Cl)c2)cc1. The molecule has 0 nitrogen and oxygen atoms in total. The van der Waals surface area contributed by atoms with Gasteiger partial charge in [-0.25, -0.2) is 0 Å². The zero-order valence-electron chi connectivity index (χ0n) is 10.6. The van der Waals surface area contributed by atoms with Crippen LogP contribution in [-0.2, 0) is 12.6 Å². The van der Waals surface area contributed by atoms with E-state index in [4.69, 9.17) is 34.8 Å². The molecule has 6 heteroatoms. The normalized spacial score (nSPS) is 13.2. The van der Waals surface area contributed by atoms with Gasteiger partial charge in [0.2, 0.25) is 0 Å². The van der Waals surface area contributed by atoms with Crippen molar-refractivity contribution in [1.82, 2.24) is 0 Å². The van der Waals surface area contributed by atoms with Gasteiger partial charge in [-0.3, -0.25) is 0 Å². The van der Waals surface area contributed by atoms with E-state index < -0.39 is 17.1 Å². The van der Waals surface area contributed by atoms with E-state index in [-0.39, 0.29) is 0 Å². The Labute approximate surface area is 135 Å². The number of benzene rings is 2. The van der Waals surface area contributed by atoms with E-state index in [0.717, 1.165) is 17.7 Å². The Hall–Kier alpha value is -0.900. The van der Waals surface area contributed by atoms with Crippen LogP contribution in [0.15, 0.2) is 42.5 Å². The lowest BCUT2D eigenvalue weighted by atomic mass is 10.0. The highest BCUT2D eigenvalue weighted by Crippen LogP contribution is 2.32. The van der Waals surface area contributed by atoms with Crippen molar-refractivity contribution in [3.05, 3.63) is 69.2 Å². The highest BCUT2D eigenvalue weighted by Gasteiger charge is 2.30. The summed E-state index contributed by atoms with van der Waals surface area (Å²) in [7, 11) is 0. The molecule has 2 rings (SSSR count). The third kappa shape index (κ3) is 4.29. The monoisotopic (exact) mass is 352 g/mol. The van der Waals surface area contributed by atoms with E-state index in [9.17, 15) is 13.2 Å². The molecule has 0 bridgehead atoms. The number of hydrogen-bond donors (Lipinski definition) is 0. The quantitative estimate of drug-likeness (QED) is 0.550. The minimum Gasteiger partial charge on any atom is -0.166 e. The molecule has 112 valence electrons. The molecule has 1 atom stereocenters. The fourth-order valence-corrected chi connectivity index (χ4v) is 2.52. The minimum atomic E-state index is -4.34. The molecule has 0 N–H and O–H groups in total. The number of hydrogen-bond acceptors (Lipinski definition) is 0. The van der Waals surface area contributed by atoms with E-state index >= 15 is 0 Å². The van der Waals surface area contributed by atoms with Crippen molar-refractivity contribution in [2.24, 2.45) is 0 Å². The summed E-state index contributed by atoms with van der Waals surface area (Å²) in [6.07, 6.45) is -3.89. The zero-order chi connectivity index (χ0) is 15.6. The molecule has 1 unspecified atom stereocenters. The summed E-state index contributed by atoms with van der Waals surface area (Å²) in [5.41, 5.74) is 0.796. The lowest BCUT2D eigenvalue weighted by molar-refractivity contribution is -0.137. The summed E-state index contributed by atoms with van der Waals surface area (Å²) in [5, 5.41) is 0.427. The largest absolute Gasteiger partial charge is 0.416 e. The number of rotatable bonds is 3. The van der Waals surface area contributed by atoms with Gasteiger partial charge in [0.1, 0.15) is 0 Å². The van der Waals surface area contributed by atoms with Gasteiger partial charge >= 0.3 is 6.18 Å². The molecular formula is C15H10Cl3F3. The van der Waals surface area contributed by atoms with Gasteiger partial charge in [-0.05, 0) is 41.8 Å². The first kappa shape index (κ1) is 16.5. The molecule has 0 radical (unpaired) electrons. The first-order chi connectivity index (χ1) is 9.77. The molecule has 0 aliphatic heterocycles. The molecule has 0 aromatic heterocycles. The Morgan fingerprint density at radius 2 is 1.52 bits per heavy atom. The summed E-state index contributed by atoms with van der Waals surface area (Å²) in [6, 6.07) is 9.97. The standard InChI is InChI=1S/C15H10Cl3F3/c16-12-6-1-9(8-14(12)18)7-13(17)10-2-4-11(5-3-10)15(19,20)21/h1-6,8,13H,7H2. The topological polar surface area (TPSA) is 0 Å². The van der Waals surface area contributed by atoms with Crippen LogP contribution < -0.4 is 0 Å². The van der Waals surface area contributed by atoms with E-state index in [2.05, 4.69) is 0 Å². The van der Waals surface area contributed by atoms with Gasteiger partial charge in [0, 0.05) is 0 Å². The van der Waals surface area contributed by atoms with Gasteiger partial charge in [0.05, 0.1) is 21.0 Å². The van der Waals surface area contributed by atoms with Crippen LogP contribution in [-0.4, -0.2) is 0 Å². The van der Waals surface area contributed by atoms with Crippen LogP contribution in [0.3, 0.4) is 0 Å². The lowest BCUT2D eigenvalue weighted by Crippen LogP contribution is -2.05. The van der Waals surface area contributed by atoms with Crippen LogP contribution in [0.2, 0.25) is 10.0 Å². The Balaban J connectivity index is 2.13. The minimum absolute atomic E-state index is 0.422. The van der Waals surface area contributed by atoms with E-state index in [1.165, 1.54) is 12.1 Å². The first-order valence-corrected chi connectivity index (χ1v) is 7.22. The molecule has 0 aliphatic rings. The second-order valence-electron chi connectivity index (χ2n) is 4.54. The van der Waals surface area contributed by atoms with Crippen LogP contribution in [0, 0.1) is 0 Å². The van der Waals surface area contributed by atoms with Gasteiger partial charge in [0.25, 0.3) is 0 Å². The Bertz CT molecular complexity index is 621. The molecule has 0 aliphatic carbocycles. The lowest BCUT2D eigenvalue weighted by Gasteiger charge is -2.12. The maximum absolute atomic E-state index is 12.5. The molecule has 0 fully saturated rings. The summed E-state index contributed by atoms with van der Waals surface area (Å²) < 4.78 is 37.5. The summed E-state index contributed by atoms with van der Waals surface area (Å²) in [6.45, 7) is 0. The molecule has 21 heavy (non-hydrogen) atoms. The highest BCUT2D eigenvalue weighted by molar-refractivity contribution is 6.42. The van der Waals surface area contributed by atoms with Crippen LogP contribution in [0.5, 0.6) is 0 Å². The average molecular weight is 354 g/mol. The Kier molecular flexibility index (Phi) is 5.07. The van der Waals surface area contributed by atoms with Gasteiger partial charge in [-0.15, -0.1) is 11.6 Å². The van der Waals surface area contributed by atoms with Crippen LogP contribution >= 0.6 is 34.8 Å². The van der Waals surface area contributed by atoms with Crippen molar-refractivity contribution in [2.45, 2.75) is 18.0 Å². The van der Waals surface area contributed by atoms with Gasteiger partial charge < -0.3 is 0 Å². The first-order valence-electron chi connectivity index (χ1n) is 6.02. The molecule has 0 heterocycles. The highest BCUT2D eigenvalue weighted by atomic mass is 35.5. The summed E-state index contributed by atoms with van der Waals surface area (Å²) in [4.78, 5) is 0. The Morgan fingerprint density at radius 3 is 2.05 bits per heavy atom. The molecule has 0 saturated heterocycles. The van der Waals surface area contributed by atoms with Crippen molar-refractivity contribution >= 4 is 34.8 Å². The molecule has 0 saturated carbocycles. The molecular weight excluding hydrogens is 344 g/mol. The van der Waals surface area contributed by atoms with Crippen LogP contribution in [0.1, 0.15) is 22.1 Å². The number of alkyl halides is 4. The predicted molar refractivity (Wildman–Crippen MR) is 80.2 cm³/mol. The molecule has 2 aromatic rings. The summed E-state index contributed by atoms with van der Waals surface area (Å²) >= 11 is 18.0. The number of halogens is 6. The van der Waals surface area contributed by atoms with E-state index in [1.54, 1.807) is 18.2 Å². The van der Waals surface area contributed by atoms with Crippen molar-refractivity contribution in [3.8, 4) is 0 Å². The van der Waals surface area contributed by atoms with Crippen molar-refractivity contribution in [1.29, 1.82) is 0 Å². The van der Waals surface area contributed by atoms with E-state index in [0.29, 0.717) is 22.0 Å². The third-order valence-electron chi connectivity index (χ3n) is 3.00. The second-order valence-corrected chi connectivity index (χ2v) is 5.88. The van der Waals surface area contributed by atoms with Gasteiger partial charge in [-0.1, -0.05) is 41.4 Å². The smallest absolute Gasteiger partial charge is 0.166 e. The second kappa shape index (κ2) is 6.47. The Morgan fingerprint density at radius 1 is 0.905 bits per heavy atom. The zero-order valence-corrected chi connectivity index (χ0v) is 12.9. The maximum atomic E-state index is 12.5. The molecule has 2 aromatic carbocycles.